The average Bonchev–Trinajstić information content (AvgIpc) is 2.87. The molecule has 0 saturated carbocycles. The van der Waals surface area contributed by atoms with Gasteiger partial charge in [0.2, 0.25) is 0 Å². The van der Waals surface area contributed by atoms with E-state index in [0.717, 1.165) is 16.7 Å². The van der Waals surface area contributed by atoms with Gasteiger partial charge in [-0.05, 0) is 60.9 Å². The first-order valence-corrected chi connectivity index (χ1v) is 11.1. The van der Waals surface area contributed by atoms with Gasteiger partial charge >= 0.3 is 5.97 Å². The molecule has 0 aliphatic carbocycles. The van der Waals surface area contributed by atoms with E-state index in [1.54, 1.807) is 18.2 Å². The van der Waals surface area contributed by atoms with Crippen molar-refractivity contribution in [3.63, 3.8) is 0 Å². The standard InChI is InChI=1S/C29H26N2O5/c1-4-6-22-13-21(15-26(35-3)27(22)36-18-20-11-9-19(2)10-12-20)14-24(17-30)28(32)31-25-8-5-7-23(16-25)29(33)34/h4-5,7-16H,1,6,18H2,2-3H3,(H,31,32)(H,33,34)/b24-14-. The van der Waals surface area contributed by atoms with Crippen LogP contribution in [0.2, 0.25) is 0 Å². The molecule has 0 spiro atoms. The highest BCUT2D eigenvalue weighted by Gasteiger charge is 2.15. The normalized spacial score (nSPS) is 10.8. The topological polar surface area (TPSA) is 109 Å². The minimum atomic E-state index is -1.12. The Hall–Kier alpha value is -4.83. The summed E-state index contributed by atoms with van der Waals surface area (Å²) < 4.78 is 11.7. The number of rotatable bonds is 10. The second-order valence-electron chi connectivity index (χ2n) is 7.99. The maximum Gasteiger partial charge on any atom is 0.335 e. The van der Waals surface area contributed by atoms with Gasteiger partial charge in [0.25, 0.3) is 5.91 Å². The molecule has 0 aliphatic rings. The number of methoxy groups -OCH3 is 1. The number of carboxylic acid groups (broad SMARTS) is 1. The van der Waals surface area contributed by atoms with Crippen LogP contribution in [0.5, 0.6) is 11.5 Å². The minimum Gasteiger partial charge on any atom is -0.493 e. The van der Waals surface area contributed by atoms with Crippen molar-refractivity contribution in [1.82, 2.24) is 0 Å². The molecule has 3 aromatic rings. The SMILES string of the molecule is C=CCc1cc(/C=C(/C#N)C(=O)Nc2cccc(C(=O)O)c2)cc(OC)c1OCc1ccc(C)cc1. The van der Waals surface area contributed by atoms with E-state index in [2.05, 4.69) is 11.9 Å². The molecule has 7 nitrogen and oxygen atoms in total. The van der Waals surface area contributed by atoms with Crippen LogP contribution < -0.4 is 14.8 Å². The Morgan fingerprint density at radius 1 is 1.14 bits per heavy atom. The van der Waals surface area contributed by atoms with Crippen LogP contribution in [0.1, 0.15) is 32.6 Å². The number of carbonyl (C=O) groups is 2. The Balaban J connectivity index is 1.89. The van der Waals surface area contributed by atoms with Crippen molar-refractivity contribution in [2.75, 3.05) is 12.4 Å². The van der Waals surface area contributed by atoms with Crippen molar-refractivity contribution in [2.24, 2.45) is 0 Å². The zero-order chi connectivity index (χ0) is 26.1. The first kappa shape index (κ1) is 25.8. The number of hydrogen-bond donors (Lipinski definition) is 2. The second-order valence-corrected chi connectivity index (χ2v) is 7.99. The molecule has 0 aromatic heterocycles. The molecule has 0 bridgehead atoms. The highest BCUT2D eigenvalue weighted by atomic mass is 16.5. The van der Waals surface area contributed by atoms with Crippen LogP contribution in [0, 0.1) is 18.3 Å². The minimum absolute atomic E-state index is 0.0234. The number of nitrogens with one attached hydrogen (secondary N) is 1. The first-order valence-electron chi connectivity index (χ1n) is 11.1. The van der Waals surface area contributed by atoms with Crippen molar-refractivity contribution in [2.45, 2.75) is 20.0 Å². The number of nitrogens with zero attached hydrogens (tertiary/aromatic N) is 1. The summed E-state index contributed by atoms with van der Waals surface area (Å²) in [5.74, 6) is -0.763. The molecule has 0 atom stereocenters. The van der Waals surface area contributed by atoms with Gasteiger partial charge in [-0.3, -0.25) is 4.79 Å². The fourth-order valence-electron chi connectivity index (χ4n) is 3.47. The number of carboxylic acids is 1. The Bertz CT molecular complexity index is 1350. The number of aromatic carboxylic acids is 1. The van der Waals surface area contributed by atoms with Crippen LogP contribution in [0.15, 0.2) is 78.9 Å². The zero-order valence-corrected chi connectivity index (χ0v) is 20.1. The van der Waals surface area contributed by atoms with E-state index in [9.17, 15) is 14.9 Å². The van der Waals surface area contributed by atoms with E-state index in [0.29, 0.717) is 30.1 Å². The van der Waals surface area contributed by atoms with Crippen LogP contribution in [-0.4, -0.2) is 24.1 Å². The summed E-state index contributed by atoms with van der Waals surface area (Å²) in [5.41, 5.74) is 3.65. The monoisotopic (exact) mass is 482 g/mol. The van der Waals surface area contributed by atoms with E-state index in [1.807, 2.05) is 43.3 Å². The Morgan fingerprint density at radius 2 is 1.89 bits per heavy atom. The average molecular weight is 483 g/mol. The maximum absolute atomic E-state index is 12.7. The van der Waals surface area contributed by atoms with Gasteiger partial charge in [-0.1, -0.05) is 42.0 Å². The summed E-state index contributed by atoms with van der Waals surface area (Å²) in [4.78, 5) is 23.9. The maximum atomic E-state index is 12.7. The molecule has 0 saturated heterocycles. The summed E-state index contributed by atoms with van der Waals surface area (Å²) in [6.45, 7) is 6.18. The molecule has 3 rings (SSSR count). The number of hydrogen-bond acceptors (Lipinski definition) is 5. The van der Waals surface area contributed by atoms with Gasteiger partial charge in [0, 0.05) is 11.3 Å². The van der Waals surface area contributed by atoms with Gasteiger partial charge in [-0.25, -0.2) is 4.79 Å². The summed E-state index contributed by atoms with van der Waals surface area (Å²) in [6, 6.07) is 19.2. The predicted molar refractivity (Wildman–Crippen MR) is 138 cm³/mol. The Kier molecular flexibility index (Phi) is 8.63. The van der Waals surface area contributed by atoms with Gasteiger partial charge in [0.15, 0.2) is 11.5 Å². The molecule has 7 heteroatoms. The third-order valence-corrected chi connectivity index (χ3v) is 5.29. The lowest BCUT2D eigenvalue weighted by atomic mass is 10.0. The molecule has 0 unspecified atom stereocenters. The largest absolute Gasteiger partial charge is 0.493 e. The third-order valence-electron chi connectivity index (χ3n) is 5.29. The summed E-state index contributed by atoms with van der Waals surface area (Å²) in [7, 11) is 1.52. The van der Waals surface area contributed by atoms with E-state index in [1.165, 1.54) is 31.4 Å². The summed E-state index contributed by atoms with van der Waals surface area (Å²) in [5, 5.41) is 21.3. The molecule has 0 radical (unpaired) electrons. The molecule has 0 heterocycles. The molecule has 0 fully saturated rings. The van der Waals surface area contributed by atoms with Gasteiger partial charge in [0.05, 0.1) is 12.7 Å². The smallest absolute Gasteiger partial charge is 0.335 e. The predicted octanol–water partition coefficient (Wildman–Crippen LogP) is 5.56. The molecular formula is C29H26N2O5. The van der Waals surface area contributed by atoms with E-state index in [-0.39, 0.29) is 16.8 Å². The summed E-state index contributed by atoms with van der Waals surface area (Å²) >= 11 is 0. The van der Waals surface area contributed by atoms with Crippen molar-refractivity contribution in [3.05, 3.63) is 107 Å². The molecule has 182 valence electrons. The van der Waals surface area contributed by atoms with E-state index in [4.69, 9.17) is 14.6 Å². The van der Waals surface area contributed by atoms with Crippen LogP contribution >= 0.6 is 0 Å². The lowest BCUT2D eigenvalue weighted by Gasteiger charge is -2.16. The third kappa shape index (κ3) is 6.61. The van der Waals surface area contributed by atoms with Crippen LogP contribution in [0.4, 0.5) is 5.69 Å². The number of ether oxygens (including phenoxy) is 2. The Morgan fingerprint density at radius 3 is 2.53 bits per heavy atom. The van der Waals surface area contributed by atoms with Crippen molar-refractivity contribution >= 4 is 23.6 Å². The number of aryl methyl sites for hydroxylation is 1. The lowest BCUT2D eigenvalue weighted by Crippen LogP contribution is -2.14. The number of nitriles is 1. The molecular weight excluding hydrogens is 456 g/mol. The number of benzene rings is 3. The first-order chi connectivity index (χ1) is 17.3. The number of amides is 1. The molecule has 1 amide bonds. The fourth-order valence-corrected chi connectivity index (χ4v) is 3.47. The molecule has 36 heavy (non-hydrogen) atoms. The van der Waals surface area contributed by atoms with E-state index < -0.39 is 11.9 Å². The second kappa shape index (κ2) is 12.0. The molecule has 2 N–H and O–H groups in total. The van der Waals surface area contributed by atoms with E-state index >= 15 is 0 Å². The van der Waals surface area contributed by atoms with Crippen molar-refractivity contribution in [1.29, 1.82) is 5.26 Å². The highest BCUT2D eigenvalue weighted by Crippen LogP contribution is 2.35. The highest BCUT2D eigenvalue weighted by molar-refractivity contribution is 6.10. The molecule has 3 aromatic carbocycles. The van der Waals surface area contributed by atoms with Crippen LogP contribution in [0.3, 0.4) is 0 Å². The Labute approximate surface area is 209 Å². The van der Waals surface area contributed by atoms with Crippen molar-refractivity contribution in [3.8, 4) is 17.6 Å². The van der Waals surface area contributed by atoms with Crippen LogP contribution in [0.25, 0.3) is 6.08 Å². The molecule has 0 aliphatic heterocycles. The van der Waals surface area contributed by atoms with Crippen LogP contribution in [-0.2, 0) is 17.8 Å². The number of anilines is 1. The van der Waals surface area contributed by atoms with Gasteiger partial charge in [-0.2, -0.15) is 5.26 Å². The zero-order valence-electron chi connectivity index (χ0n) is 20.1. The van der Waals surface area contributed by atoms with Gasteiger partial charge < -0.3 is 19.9 Å². The summed E-state index contributed by atoms with van der Waals surface area (Å²) in [6.07, 6.45) is 3.65. The number of carbonyl (C=O) groups excluding carboxylic acids is 1. The number of allylic oxidation sites excluding steroid dienone is 1. The van der Waals surface area contributed by atoms with Gasteiger partial charge in [-0.15, -0.1) is 6.58 Å². The quantitative estimate of drug-likeness (QED) is 0.223. The van der Waals surface area contributed by atoms with Crippen molar-refractivity contribution < 1.29 is 24.2 Å². The fraction of sp³-hybridized carbons (Fsp3) is 0.138. The van der Waals surface area contributed by atoms with Gasteiger partial charge in [0.1, 0.15) is 18.2 Å². The lowest BCUT2D eigenvalue weighted by molar-refractivity contribution is -0.112.